The largest absolute Gasteiger partial charge is 0.368 e. The fraction of sp³-hybridized carbons (Fsp3) is 0.350. The number of carbonyl (C=O) groups is 1. The maximum Gasteiger partial charge on any atom is 0.262 e. The predicted octanol–water partition coefficient (Wildman–Crippen LogP) is 2.77. The number of nitrogens with one attached hydrogen (secondary N) is 1. The minimum absolute atomic E-state index is 0.0876. The fourth-order valence-corrected chi connectivity index (χ4v) is 4.63. The van der Waals surface area contributed by atoms with Gasteiger partial charge in [0.25, 0.3) is 10.0 Å². The van der Waals surface area contributed by atoms with E-state index in [1.807, 2.05) is 36.1 Å². The van der Waals surface area contributed by atoms with E-state index in [0.717, 1.165) is 29.9 Å². The van der Waals surface area contributed by atoms with Crippen molar-refractivity contribution in [1.29, 1.82) is 0 Å². The Bertz CT molecular complexity index is 949. The monoisotopic (exact) mass is 387 g/mol. The number of piperazine rings is 1. The molecule has 1 aliphatic rings. The lowest BCUT2D eigenvalue weighted by molar-refractivity contribution is -0.129. The fourth-order valence-electron chi connectivity index (χ4n) is 3.36. The average Bonchev–Trinajstić information content (AvgIpc) is 2.61. The van der Waals surface area contributed by atoms with Gasteiger partial charge in [0.2, 0.25) is 5.91 Å². The molecule has 1 N–H and O–H groups in total. The van der Waals surface area contributed by atoms with Crippen LogP contribution in [0.25, 0.3) is 0 Å². The number of hydrogen-bond acceptors (Lipinski definition) is 4. The van der Waals surface area contributed by atoms with Gasteiger partial charge in [0.15, 0.2) is 0 Å². The topological polar surface area (TPSA) is 69.7 Å². The van der Waals surface area contributed by atoms with Crippen molar-refractivity contribution in [3.63, 3.8) is 0 Å². The van der Waals surface area contributed by atoms with Crippen LogP contribution in [0.3, 0.4) is 0 Å². The van der Waals surface area contributed by atoms with E-state index in [4.69, 9.17) is 0 Å². The zero-order valence-corrected chi connectivity index (χ0v) is 16.7. The van der Waals surface area contributed by atoms with Crippen LogP contribution in [-0.2, 0) is 14.8 Å². The van der Waals surface area contributed by atoms with E-state index in [1.165, 1.54) is 0 Å². The van der Waals surface area contributed by atoms with Crippen molar-refractivity contribution in [3.05, 3.63) is 53.6 Å². The molecule has 27 heavy (non-hydrogen) atoms. The molecule has 1 heterocycles. The third-order valence-corrected chi connectivity index (χ3v) is 6.35. The smallest absolute Gasteiger partial charge is 0.262 e. The van der Waals surface area contributed by atoms with Gasteiger partial charge in [-0.15, -0.1) is 0 Å². The molecule has 0 aromatic heterocycles. The summed E-state index contributed by atoms with van der Waals surface area (Å²) in [5.41, 5.74) is 3.22. The van der Waals surface area contributed by atoms with Crippen molar-refractivity contribution in [2.75, 3.05) is 35.8 Å². The number of sulfonamides is 1. The Hall–Kier alpha value is -2.54. The molecular formula is C20H25N3O3S. The Kier molecular flexibility index (Phi) is 5.41. The Morgan fingerprint density at radius 2 is 1.70 bits per heavy atom. The molecule has 144 valence electrons. The minimum Gasteiger partial charge on any atom is -0.368 e. The molecule has 0 bridgehead atoms. The number of anilines is 2. The first-order valence-corrected chi connectivity index (χ1v) is 10.5. The Morgan fingerprint density at radius 1 is 1.00 bits per heavy atom. The predicted molar refractivity (Wildman–Crippen MR) is 108 cm³/mol. The Balaban J connectivity index is 1.77. The second-order valence-electron chi connectivity index (χ2n) is 6.92. The van der Waals surface area contributed by atoms with Crippen molar-refractivity contribution >= 4 is 27.3 Å². The number of nitrogens with zero attached hydrogens (tertiary/aromatic N) is 2. The lowest BCUT2D eigenvalue weighted by Gasteiger charge is -2.35. The van der Waals surface area contributed by atoms with Crippen LogP contribution < -0.4 is 9.62 Å². The molecule has 1 fully saturated rings. The minimum atomic E-state index is -3.65. The molecule has 2 aromatic carbocycles. The Morgan fingerprint density at radius 3 is 2.33 bits per heavy atom. The number of carbonyl (C=O) groups excluding carboxylic acids is 1. The average molecular weight is 388 g/mol. The standard InChI is InChI=1S/C20H25N3O3S/c1-15-7-8-20(16(2)13-15)27(25,26)21-18-5-4-6-19(14-18)23-11-9-22(10-12-23)17(3)24/h4-8,13-14,21H,9-12H2,1-3H3. The second kappa shape index (κ2) is 7.60. The molecule has 2 aromatic rings. The van der Waals surface area contributed by atoms with E-state index in [-0.39, 0.29) is 10.8 Å². The number of rotatable bonds is 4. The van der Waals surface area contributed by atoms with Crippen molar-refractivity contribution < 1.29 is 13.2 Å². The van der Waals surface area contributed by atoms with E-state index < -0.39 is 10.0 Å². The molecule has 0 saturated carbocycles. The van der Waals surface area contributed by atoms with Crippen LogP contribution in [0.1, 0.15) is 18.1 Å². The summed E-state index contributed by atoms with van der Waals surface area (Å²) in [6.07, 6.45) is 0. The number of amides is 1. The summed E-state index contributed by atoms with van der Waals surface area (Å²) in [5, 5.41) is 0. The summed E-state index contributed by atoms with van der Waals surface area (Å²) >= 11 is 0. The molecule has 1 aliphatic heterocycles. The second-order valence-corrected chi connectivity index (χ2v) is 8.57. The van der Waals surface area contributed by atoms with Gasteiger partial charge in [0, 0.05) is 38.8 Å². The van der Waals surface area contributed by atoms with Gasteiger partial charge in [-0.25, -0.2) is 8.42 Å². The third kappa shape index (κ3) is 4.42. The molecule has 0 radical (unpaired) electrons. The lowest BCUT2D eigenvalue weighted by atomic mass is 10.2. The SMILES string of the molecule is CC(=O)N1CCN(c2cccc(NS(=O)(=O)c3ccc(C)cc3C)c2)CC1. The van der Waals surface area contributed by atoms with Crippen LogP contribution in [0.4, 0.5) is 11.4 Å². The van der Waals surface area contributed by atoms with Gasteiger partial charge in [-0.05, 0) is 43.7 Å². The van der Waals surface area contributed by atoms with Gasteiger partial charge < -0.3 is 9.80 Å². The third-order valence-electron chi connectivity index (χ3n) is 4.81. The van der Waals surface area contributed by atoms with Crippen molar-refractivity contribution in [3.8, 4) is 0 Å². The first-order valence-electron chi connectivity index (χ1n) is 8.97. The molecule has 0 spiro atoms. The normalized spacial score (nSPS) is 14.9. The number of aryl methyl sites for hydroxylation is 2. The van der Waals surface area contributed by atoms with Gasteiger partial charge >= 0.3 is 0 Å². The van der Waals surface area contributed by atoms with E-state index >= 15 is 0 Å². The maximum absolute atomic E-state index is 12.8. The molecule has 1 saturated heterocycles. The Labute approximate surface area is 160 Å². The first kappa shape index (κ1) is 19.2. The lowest BCUT2D eigenvalue weighted by Crippen LogP contribution is -2.48. The molecule has 0 atom stereocenters. The zero-order chi connectivity index (χ0) is 19.6. The molecule has 0 unspecified atom stereocenters. The van der Waals surface area contributed by atoms with E-state index in [2.05, 4.69) is 9.62 Å². The maximum atomic E-state index is 12.8. The molecule has 1 amide bonds. The first-order chi connectivity index (χ1) is 12.8. The highest BCUT2D eigenvalue weighted by molar-refractivity contribution is 7.92. The number of hydrogen-bond donors (Lipinski definition) is 1. The van der Waals surface area contributed by atoms with Crippen LogP contribution in [0.2, 0.25) is 0 Å². The van der Waals surface area contributed by atoms with Gasteiger partial charge in [-0.3, -0.25) is 9.52 Å². The summed E-state index contributed by atoms with van der Waals surface area (Å²) in [4.78, 5) is 15.7. The summed E-state index contributed by atoms with van der Waals surface area (Å²) in [7, 11) is -3.65. The molecule has 0 aliphatic carbocycles. The summed E-state index contributed by atoms with van der Waals surface area (Å²) in [6, 6.07) is 12.7. The van der Waals surface area contributed by atoms with E-state index in [1.54, 1.807) is 32.0 Å². The molecular weight excluding hydrogens is 362 g/mol. The van der Waals surface area contributed by atoms with Crippen LogP contribution in [0.5, 0.6) is 0 Å². The van der Waals surface area contributed by atoms with Crippen LogP contribution in [0.15, 0.2) is 47.4 Å². The highest BCUT2D eigenvalue weighted by Crippen LogP contribution is 2.24. The van der Waals surface area contributed by atoms with E-state index in [0.29, 0.717) is 18.8 Å². The summed E-state index contributed by atoms with van der Waals surface area (Å²) in [5.74, 6) is 0.0876. The molecule has 6 nitrogen and oxygen atoms in total. The van der Waals surface area contributed by atoms with Gasteiger partial charge in [0.1, 0.15) is 0 Å². The van der Waals surface area contributed by atoms with Gasteiger partial charge in [-0.2, -0.15) is 0 Å². The highest BCUT2D eigenvalue weighted by atomic mass is 32.2. The molecule has 7 heteroatoms. The van der Waals surface area contributed by atoms with Crippen LogP contribution in [-0.4, -0.2) is 45.4 Å². The van der Waals surface area contributed by atoms with Crippen LogP contribution >= 0.6 is 0 Å². The van der Waals surface area contributed by atoms with E-state index in [9.17, 15) is 13.2 Å². The quantitative estimate of drug-likeness (QED) is 0.876. The number of benzene rings is 2. The molecule has 3 rings (SSSR count). The summed E-state index contributed by atoms with van der Waals surface area (Å²) in [6.45, 7) is 8.12. The zero-order valence-electron chi connectivity index (χ0n) is 15.9. The van der Waals surface area contributed by atoms with Gasteiger partial charge in [0.05, 0.1) is 10.6 Å². The van der Waals surface area contributed by atoms with Gasteiger partial charge in [-0.1, -0.05) is 23.8 Å². The van der Waals surface area contributed by atoms with Crippen molar-refractivity contribution in [1.82, 2.24) is 4.90 Å². The van der Waals surface area contributed by atoms with Crippen LogP contribution in [0, 0.1) is 13.8 Å². The highest BCUT2D eigenvalue weighted by Gasteiger charge is 2.20. The summed E-state index contributed by atoms with van der Waals surface area (Å²) < 4.78 is 28.2. The van der Waals surface area contributed by atoms with Crippen molar-refractivity contribution in [2.45, 2.75) is 25.7 Å². The van der Waals surface area contributed by atoms with Crippen molar-refractivity contribution in [2.24, 2.45) is 0 Å².